The molecule has 3 heterocycles. The maximum Gasteiger partial charge on any atom is 0.265 e. The summed E-state index contributed by atoms with van der Waals surface area (Å²) in [5.41, 5.74) is 3.24. The van der Waals surface area contributed by atoms with Gasteiger partial charge in [0.15, 0.2) is 5.82 Å². The number of hydrogen-bond donors (Lipinski definition) is 3. The Morgan fingerprint density at radius 1 is 1.07 bits per heavy atom. The van der Waals surface area contributed by atoms with Gasteiger partial charge < -0.3 is 10.2 Å². The largest absolute Gasteiger partial charge is 0.370 e. The van der Waals surface area contributed by atoms with Gasteiger partial charge in [0.25, 0.3) is 10.0 Å². The molecule has 29 heavy (non-hydrogen) atoms. The highest BCUT2D eigenvalue weighted by molar-refractivity contribution is 7.92. The lowest BCUT2D eigenvalue weighted by molar-refractivity contribution is 0.600. The lowest BCUT2D eigenvalue weighted by Gasteiger charge is -2.17. The number of nitrogens with zero attached hydrogens (tertiary/aromatic N) is 4. The van der Waals surface area contributed by atoms with E-state index in [1.165, 1.54) is 12.8 Å². The van der Waals surface area contributed by atoms with Crippen molar-refractivity contribution in [2.75, 3.05) is 28.0 Å². The van der Waals surface area contributed by atoms with Gasteiger partial charge >= 0.3 is 0 Å². The van der Waals surface area contributed by atoms with Crippen LogP contribution in [0, 0.1) is 13.8 Å². The second kappa shape index (κ2) is 7.70. The first-order valence-corrected chi connectivity index (χ1v) is 10.9. The summed E-state index contributed by atoms with van der Waals surface area (Å²) in [5, 5.41) is 18.1. The second-order valence-electron chi connectivity index (χ2n) is 7.06. The number of aryl methyl sites for hydroxylation is 2. The average Bonchev–Trinajstić information content (AvgIpc) is 3.34. The molecule has 152 valence electrons. The third kappa shape index (κ3) is 4.16. The summed E-state index contributed by atoms with van der Waals surface area (Å²) >= 11 is 0. The molecule has 0 unspecified atom stereocenters. The second-order valence-corrected chi connectivity index (χ2v) is 8.68. The summed E-state index contributed by atoms with van der Waals surface area (Å²) in [6.45, 7) is 5.41. The molecule has 0 atom stereocenters. The molecule has 3 aromatic rings. The van der Waals surface area contributed by atoms with Gasteiger partial charge in [-0.05, 0) is 51.0 Å². The molecule has 4 rings (SSSR count). The highest BCUT2D eigenvalue weighted by atomic mass is 32.2. The minimum atomic E-state index is -3.71. The number of sulfonamides is 1. The quantitative estimate of drug-likeness (QED) is 0.569. The molecule has 1 aliphatic heterocycles. The fourth-order valence-electron chi connectivity index (χ4n) is 3.48. The van der Waals surface area contributed by atoms with Crippen molar-refractivity contribution in [3.05, 3.63) is 47.9 Å². The van der Waals surface area contributed by atoms with Crippen molar-refractivity contribution in [1.29, 1.82) is 0 Å². The number of hydrogen-bond acceptors (Lipinski definition) is 7. The number of anilines is 4. The zero-order valence-electron chi connectivity index (χ0n) is 16.3. The summed E-state index contributed by atoms with van der Waals surface area (Å²) < 4.78 is 27.9. The predicted molar refractivity (Wildman–Crippen MR) is 112 cm³/mol. The zero-order chi connectivity index (χ0) is 20.4. The Kier molecular flexibility index (Phi) is 5.10. The van der Waals surface area contributed by atoms with Crippen LogP contribution in [0.4, 0.5) is 22.9 Å². The van der Waals surface area contributed by atoms with E-state index in [2.05, 4.69) is 35.3 Å². The first kappa shape index (κ1) is 19.2. The molecule has 1 aliphatic rings. The molecule has 0 bridgehead atoms. The Morgan fingerprint density at radius 3 is 2.41 bits per heavy atom. The van der Waals surface area contributed by atoms with Gasteiger partial charge in [-0.2, -0.15) is 10.2 Å². The minimum Gasteiger partial charge on any atom is -0.370 e. The molecule has 0 amide bonds. The van der Waals surface area contributed by atoms with E-state index in [-0.39, 0.29) is 4.90 Å². The number of nitrogens with one attached hydrogen (secondary N) is 3. The van der Waals surface area contributed by atoms with Gasteiger partial charge in [-0.1, -0.05) is 0 Å². The van der Waals surface area contributed by atoms with Crippen molar-refractivity contribution in [3.63, 3.8) is 0 Å². The number of aromatic amines is 1. The van der Waals surface area contributed by atoms with Crippen molar-refractivity contribution in [2.45, 2.75) is 31.6 Å². The topological polar surface area (TPSA) is 116 Å². The van der Waals surface area contributed by atoms with Crippen LogP contribution >= 0.6 is 0 Å². The Morgan fingerprint density at radius 2 is 1.76 bits per heavy atom. The Hall–Kier alpha value is -3.14. The predicted octanol–water partition coefficient (Wildman–Crippen LogP) is 2.96. The van der Waals surface area contributed by atoms with E-state index in [1.54, 1.807) is 44.3 Å². The van der Waals surface area contributed by atoms with Gasteiger partial charge in [-0.3, -0.25) is 9.82 Å². The molecule has 0 spiro atoms. The van der Waals surface area contributed by atoms with E-state index in [0.29, 0.717) is 22.9 Å². The van der Waals surface area contributed by atoms with Crippen LogP contribution in [0.1, 0.15) is 24.2 Å². The first-order chi connectivity index (χ1) is 13.9. The van der Waals surface area contributed by atoms with E-state index in [9.17, 15) is 8.42 Å². The molecule has 9 nitrogen and oxygen atoms in total. The Balaban J connectivity index is 1.46. The van der Waals surface area contributed by atoms with Gasteiger partial charge in [0.05, 0.1) is 23.3 Å². The van der Waals surface area contributed by atoms with Crippen molar-refractivity contribution in [2.24, 2.45) is 0 Å². The Labute approximate surface area is 169 Å². The van der Waals surface area contributed by atoms with E-state index in [4.69, 9.17) is 0 Å². The standard InChI is InChI=1S/C19H23N7O2S/c1-13-19(14(2)23-22-13)29(27,28)25-16-7-5-15(6-8-16)21-18-11-17(12-20-24-18)26-9-3-4-10-26/h5-8,11-12,25H,3-4,9-10H2,1-2H3,(H,21,24)(H,22,23). The fraction of sp³-hybridized carbons (Fsp3) is 0.316. The van der Waals surface area contributed by atoms with Crippen LogP contribution in [0.3, 0.4) is 0 Å². The average molecular weight is 414 g/mol. The van der Waals surface area contributed by atoms with Crippen molar-refractivity contribution in [3.8, 4) is 0 Å². The number of aromatic nitrogens is 4. The van der Waals surface area contributed by atoms with Gasteiger partial charge in [0.1, 0.15) is 4.90 Å². The minimum absolute atomic E-state index is 0.175. The SMILES string of the molecule is Cc1n[nH]c(C)c1S(=O)(=O)Nc1ccc(Nc2cc(N3CCCC3)cnn2)cc1. The maximum absolute atomic E-state index is 12.6. The first-order valence-electron chi connectivity index (χ1n) is 9.41. The third-order valence-electron chi connectivity index (χ3n) is 4.85. The summed E-state index contributed by atoms with van der Waals surface area (Å²) in [6.07, 6.45) is 4.16. The van der Waals surface area contributed by atoms with Crippen LogP contribution in [-0.4, -0.2) is 41.9 Å². The van der Waals surface area contributed by atoms with E-state index >= 15 is 0 Å². The van der Waals surface area contributed by atoms with Crippen LogP contribution in [0.5, 0.6) is 0 Å². The summed E-state index contributed by atoms with van der Waals surface area (Å²) in [6, 6.07) is 8.94. The van der Waals surface area contributed by atoms with Crippen LogP contribution in [-0.2, 0) is 10.0 Å². The zero-order valence-corrected chi connectivity index (χ0v) is 17.1. The molecule has 2 aromatic heterocycles. The van der Waals surface area contributed by atoms with Crippen LogP contribution in [0.15, 0.2) is 41.4 Å². The smallest absolute Gasteiger partial charge is 0.265 e. The number of H-pyrrole nitrogens is 1. The normalized spacial score (nSPS) is 14.2. The lowest BCUT2D eigenvalue weighted by atomic mass is 10.3. The molecular formula is C19H23N7O2S. The van der Waals surface area contributed by atoms with Gasteiger partial charge in [-0.25, -0.2) is 8.42 Å². The van der Waals surface area contributed by atoms with Gasteiger partial charge in [0, 0.05) is 30.5 Å². The number of rotatable bonds is 6. The van der Waals surface area contributed by atoms with Gasteiger partial charge in [0.2, 0.25) is 0 Å². The van der Waals surface area contributed by atoms with Crippen LogP contribution in [0.25, 0.3) is 0 Å². The fourth-order valence-corrected chi connectivity index (χ4v) is 4.91. The highest BCUT2D eigenvalue weighted by Gasteiger charge is 2.22. The van der Waals surface area contributed by atoms with E-state index in [1.807, 2.05) is 6.07 Å². The van der Waals surface area contributed by atoms with Crippen LogP contribution < -0.4 is 14.9 Å². The molecule has 0 aliphatic carbocycles. The van der Waals surface area contributed by atoms with E-state index in [0.717, 1.165) is 24.5 Å². The lowest BCUT2D eigenvalue weighted by Crippen LogP contribution is -2.18. The molecule has 10 heteroatoms. The van der Waals surface area contributed by atoms with E-state index < -0.39 is 10.0 Å². The molecule has 0 radical (unpaired) electrons. The molecule has 0 saturated carbocycles. The van der Waals surface area contributed by atoms with Crippen molar-refractivity contribution in [1.82, 2.24) is 20.4 Å². The summed E-state index contributed by atoms with van der Waals surface area (Å²) in [4.78, 5) is 2.46. The van der Waals surface area contributed by atoms with Crippen LogP contribution in [0.2, 0.25) is 0 Å². The van der Waals surface area contributed by atoms with Gasteiger partial charge in [-0.15, -0.1) is 5.10 Å². The third-order valence-corrected chi connectivity index (χ3v) is 6.49. The molecule has 3 N–H and O–H groups in total. The van der Waals surface area contributed by atoms with Crippen molar-refractivity contribution >= 4 is 32.9 Å². The number of benzene rings is 1. The molecule has 1 saturated heterocycles. The summed E-state index contributed by atoms with van der Waals surface area (Å²) in [7, 11) is -3.71. The molecule has 1 fully saturated rings. The Bertz CT molecular complexity index is 1080. The highest BCUT2D eigenvalue weighted by Crippen LogP contribution is 2.25. The maximum atomic E-state index is 12.6. The van der Waals surface area contributed by atoms with Crippen molar-refractivity contribution < 1.29 is 8.42 Å². The monoisotopic (exact) mass is 413 g/mol. The molecule has 1 aromatic carbocycles. The molecular weight excluding hydrogens is 390 g/mol. The summed E-state index contributed by atoms with van der Waals surface area (Å²) in [5.74, 6) is 0.646.